The molecule has 24 heavy (non-hydrogen) atoms. The zero-order valence-corrected chi connectivity index (χ0v) is 16.4. The summed E-state index contributed by atoms with van der Waals surface area (Å²) >= 11 is 0. The average molecular weight is 348 g/mol. The van der Waals surface area contributed by atoms with Crippen molar-refractivity contribution < 1.29 is 9.67 Å². The summed E-state index contributed by atoms with van der Waals surface area (Å²) in [5, 5.41) is 12.0. The lowest BCUT2D eigenvalue weighted by atomic mass is 9.43. The molecule has 134 valence electrons. The first-order valence-electron chi connectivity index (χ1n) is 10.1. The Kier molecular flexibility index (Phi) is 4.05. The Morgan fingerprint density at radius 1 is 1.08 bits per heavy atom. The molecule has 2 nitrogen and oxygen atoms in total. The van der Waals surface area contributed by atoms with Gasteiger partial charge in [0.15, 0.2) is 8.46 Å². The van der Waals surface area contributed by atoms with E-state index in [9.17, 15) is 9.67 Å². The van der Waals surface area contributed by atoms with Crippen LogP contribution in [0.15, 0.2) is 11.6 Å². The molecule has 0 amide bonds. The van der Waals surface area contributed by atoms with Crippen molar-refractivity contribution in [3.63, 3.8) is 0 Å². The molecule has 0 spiro atoms. The van der Waals surface area contributed by atoms with E-state index >= 15 is 0 Å². The lowest BCUT2D eigenvalue weighted by Gasteiger charge is -2.65. The monoisotopic (exact) mass is 348 g/mol. The van der Waals surface area contributed by atoms with Gasteiger partial charge in [-0.1, -0.05) is 25.5 Å². The molecule has 3 heteroatoms. The molecule has 0 aromatic rings. The lowest BCUT2D eigenvalue weighted by Crippen LogP contribution is -2.65. The van der Waals surface area contributed by atoms with Crippen LogP contribution in [0.25, 0.3) is 0 Å². The zero-order valence-electron chi connectivity index (χ0n) is 15.6. The van der Waals surface area contributed by atoms with Crippen molar-refractivity contribution in [3.05, 3.63) is 11.6 Å². The van der Waals surface area contributed by atoms with Gasteiger partial charge in [0.1, 0.15) is 0 Å². The Labute approximate surface area is 148 Å². The first-order chi connectivity index (χ1) is 11.4. The van der Waals surface area contributed by atoms with Gasteiger partial charge in [-0.2, -0.15) is 0 Å². The fourth-order valence-electron chi connectivity index (χ4n) is 7.60. The van der Waals surface area contributed by atoms with Crippen molar-refractivity contribution in [1.82, 2.24) is 0 Å². The van der Waals surface area contributed by atoms with Crippen LogP contribution >= 0.6 is 8.46 Å². The van der Waals surface area contributed by atoms with Crippen molar-refractivity contribution in [1.29, 1.82) is 0 Å². The third-order valence-corrected chi connectivity index (χ3v) is 9.94. The van der Waals surface area contributed by atoms with E-state index in [1.165, 1.54) is 25.7 Å². The van der Waals surface area contributed by atoms with Crippen molar-refractivity contribution in [2.24, 2.45) is 28.6 Å². The number of fused-ring (bicyclic) bond motifs is 5. The van der Waals surface area contributed by atoms with Crippen LogP contribution in [0.1, 0.15) is 78.6 Å². The third-order valence-electron chi connectivity index (χ3n) is 9.17. The van der Waals surface area contributed by atoms with Gasteiger partial charge in [0.25, 0.3) is 0 Å². The molecule has 4 rings (SSSR count). The van der Waals surface area contributed by atoms with E-state index in [1.807, 2.05) is 0 Å². The molecular formula is C21H33O2P. The normalized spacial score (nSPS) is 55.9. The van der Waals surface area contributed by atoms with Gasteiger partial charge in [0.05, 0.1) is 5.60 Å². The maximum absolute atomic E-state index is 12.0. The quantitative estimate of drug-likeness (QED) is 0.484. The Balaban J connectivity index is 1.68. The molecule has 4 saturated carbocycles. The first-order valence-corrected chi connectivity index (χ1v) is 11.0. The highest BCUT2D eigenvalue weighted by Crippen LogP contribution is 2.69. The van der Waals surface area contributed by atoms with Gasteiger partial charge in [-0.25, -0.2) is 0 Å². The van der Waals surface area contributed by atoms with Gasteiger partial charge in [0, 0.05) is 5.66 Å². The molecule has 0 bridgehead atoms. The summed E-state index contributed by atoms with van der Waals surface area (Å²) in [6.07, 6.45) is 12.5. The topological polar surface area (TPSA) is 37.3 Å². The Bertz CT molecular complexity index is 572. The van der Waals surface area contributed by atoms with Gasteiger partial charge < -0.3 is 5.11 Å². The lowest BCUT2D eigenvalue weighted by molar-refractivity contribution is -0.228. The highest BCUT2D eigenvalue weighted by Gasteiger charge is 2.66. The maximum Gasteiger partial charge on any atom is 0.158 e. The summed E-state index contributed by atoms with van der Waals surface area (Å²) in [6, 6.07) is 0. The molecule has 7 atom stereocenters. The average Bonchev–Trinajstić information content (AvgIpc) is 2.91. The summed E-state index contributed by atoms with van der Waals surface area (Å²) in [7, 11) is 0.325. The Hall–Kier alpha value is -0.200. The molecule has 4 aliphatic carbocycles. The molecule has 4 aliphatic rings. The van der Waals surface area contributed by atoms with Crippen LogP contribution in [-0.2, 0) is 4.57 Å². The predicted octanol–water partition coefficient (Wildman–Crippen LogP) is 5.75. The van der Waals surface area contributed by atoms with Gasteiger partial charge in [-0.15, -0.1) is 0 Å². The molecule has 0 aromatic carbocycles. The smallest absolute Gasteiger partial charge is 0.158 e. The predicted molar refractivity (Wildman–Crippen MR) is 98.3 cm³/mol. The number of rotatable bonds is 1. The standard InChI is InChI=1S/C21H33O2P/c1-4-14-5-7-17-18-8-6-15-13-16(24-23)9-10-20(15,3)21(18,22)12-11-19(14,17)2/h4,15-18,22H,5-13H2,1-3H3/t15?,16-,17?,18?,19-,20+,21-/m1/s1. The van der Waals surface area contributed by atoms with Gasteiger partial charge in [-0.05, 0) is 93.3 Å². The molecule has 1 N–H and O–H groups in total. The SMILES string of the molecule is CC=C1CCC2C3CCC4C[C@H](P=O)CC[C@]4(C)[C@@]3(O)CC[C@]12C. The molecule has 0 saturated heterocycles. The van der Waals surface area contributed by atoms with E-state index in [4.69, 9.17) is 0 Å². The first kappa shape index (κ1) is 17.2. The van der Waals surface area contributed by atoms with Crippen LogP contribution in [0.5, 0.6) is 0 Å². The van der Waals surface area contributed by atoms with Crippen LogP contribution in [0.3, 0.4) is 0 Å². The minimum Gasteiger partial charge on any atom is -0.389 e. The zero-order chi connectivity index (χ0) is 17.2. The molecule has 4 fully saturated rings. The fraction of sp³-hybridized carbons (Fsp3) is 0.905. The van der Waals surface area contributed by atoms with E-state index in [2.05, 4.69) is 26.8 Å². The molecule has 0 aromatic heterocycles. The maximum atomic E-state index is 12.0. The number of allylic oxidation sites excluding steroid dienone is 2. The van der Waals surface area contributed by atoms with E-state index in [0.717, 1.165) is 32.1 Å². The minimum absolute atomic E-state index is 0.0388. The summed E-state index contributed by atoms with van der Waals surface area (Å²) < 4.78 is 11.4. The molecule has 3 unspecified atom stereocenters. The largest absolute Gasteiger partial charge is 0.389 e. The van der Waals surface area contributed by atoms with Crippen LogP contribution in [0.4, 0.5) is 0 Å². The Morgan fingerprint density at radius 2 is 1.88 bits per heavy atom. The summed E-state index contributed by atoms with van der Waals surface area (Å²) in [5.41, 5.74) is 1.86. The van der Waals surface area contributed by atoms with Crippen molar-refractivity contribution >= 4 is 8.46 Å². The van der Waals surface area contributed by atoms with Crippen molar-refractivity contribution in [2.45, 2.75) is 89.8 Å². The second kappa shape index (κ2) is 5.65. The van der Waals surface area contributed by atoms with Crippen LogP contribution in [0, 0.1) is 28.6 Å². The van der Waals surface area contributed by atoms with Crippen LogP contribution in [0.2, 0.25) is 0 Å². The highest BCUT2D eigenvalue weighted by atomic mass is 31.1. The van der Waals surface area contributed by atoms with E-state index in [-0.39, 0.29) is 5.41 Å². The van der Waals surface area contributed by atoms with Crippen LogP contribution < -0.4 is 0 Å². The van der Waals surface area contributed by atoms with Gasteiger partial charge in [0.2, 0.25) is 0 Å². The van der Waals surface area contributed by atoms with Crippen molar-refractivity contribution in [3.8, 4) is 0 Å². The number of aliphatic hydroxyl groups is 1. The van der Waals surface area contributed by atoms with Crippen LogP contribution in [-0.4, -0.2) is 16.4 Å². The fourth-order valence-corrected chi connectivity index (χ4v) is 8.17. The highest BCUT2D eigenvalue weighted by molar-refractivity contribution is 7.24. The summed E-state index contributed by atoms with van der Waals surface area (Å²) in [6.45, 7) is 7.04. The van der Waals surface area contributed by atoms with Gasteiger partial charge >= 0.3 is 0 Å². The Morgan fingerprint density at radius 3 is 2.58 bits per heavy atom. The minimum atomic E-state index is -0.492. The molecule has 0 heterocycles. The number of hydrogen-bond acceptors (Lipinski definition) is 2. The van der Waals surface area contributed by atoms with E-state index in [0.29, 0.717) is 37.3 Å². The van der Waals surface area contributed by atoms with Gasteiger partial charge in [-0.3, -0.25) is 4.57 Å². The number of hydrogen-bond donors (Lipinski definition) is 1. The summed E-state index contributed by atoms with van der Waals surface area (Å²) in [5.74, 6) is 1.69. The summed E-state index contributed by atoms with van der Waals surface area (Å²) in [4.78, 5) is 0. The van der Waals surface area contributed by atoms with E-state index < -0.39 is 5.60 Å². The molecule has 0 aliphatic heterocycles. The van der Waals surface area contributed by atoms with E-state index in [1.54, 1.807) is 5.57 Å². The third kappa shape index (κ3) is 2.05. The molecular weight excluding hydrogens is 315 g/mol. The second-order valence-electron chi connectivity index (χ2n) is 9.63. The van der Waals surface area contributed by atoms with Crippen molar-refractivity contribution in [2.75, 3.05) is 0 Å². The molecule has 0 radical (unpaired) electrons. The second-order valence-corrected chi connectivity index (χ2v) is 10.6.